The Morgan fingerprint density at radius 2 is 1.72 bits per heavy atom. The summed E-state index contributed by atoms with van der Waals surface area (Å²) < 4.78 is 43.1. The average Bonchev–Trinajstić information content (AvgIpc) is 3.91. The number of hydrogen-bond acceptors (Lipinski definition) is 10. The van der Waals surface area contributed by atoms with Crippen LogP contribution in [0.1, 0.15) is 64.1 Å². The lowest BCUT2D eigenvalue weighted by Crippen LogP contribution is -2.42. The Labute approximate surface area is 329 Å². The van der Waals surface area contributed by atoms with Crippen molar-refractivity contribution in [1.29, 1.82) is 0 Å². The van der Waals surface area contributed by atoms with Gasteiger partial charge >= 0.3 is 12.1 Å². The van der Waals surface area contributed by atoms with Crippen LogP contribution >= 0.6 is 11.3 Å². The molecule has 0 bridgehead atoms. The molecule has 1 aromatic heterocycles. The van der Waals surface area contributed by atoms with E-state index in [4.69, 9.17) is 25.1 Å². The number of carbonyl (C=O) groups is 5. The van der Waals surface area contributed by atoms with Gasteiger partial charge in [0, 0.05) is 47.7 Å². The highest BCUT2D eigenvalue weighted by atomic mass is 32.1. The summed E-state index contributed by atoms with van der Waals surface area (Å²) in [4.78, 5) is 65.1. The van der Waals surface area contributed by atoms with Gasteiger partial charge in [-0.3, -0.25) is 19.2 Å². The molecule has 2 aliphatic rings. The quantitative estimate of drug-likeness (QED) is 0.0913. The lowest BCUT2D eigenvalue weighted by molar-refractivity contribution is -0.192. The Balaban J connectivity index is 0.000000811. The number of amides is 4. The van der Waals surface area contributed by atoms with E-state index in [9.17, 15) is 32.3 Å². The number of hydrogen-bond donors (Lipinski definition) is 5. The second-order valence-electron chi connectivity index (χ2n) is 13.2. The maximum atomic E-state index is 13.5. The van der Waals surface area contributed by atoms with Crippen molar-refractivity contribution in [1.82, 2.24) is 15.2 Å². The molecule has 14 nitrogen and oxygen atoms in total. The number of benzene rings is 3. The second-order valence-corrected chi connectivity index (χ2v) is 13.9. The zero-order valence-electron chi connectivity index (χ0n) is 30.6. The number of anilines is 2. The molecule has 1 aliphatic heterocycles. The van der Waals surface area contributed by atoms with Gasteiger partial charge in [-0.05, 0) is 92.3 Å². The van der Waals surface area contributed by atoms with E-state index in [1.165, 1.54) is 11.3 Å². The standard InChI is InChI=1S/C37H40N6O6S.C2HF3O2/c38-31(19-28-22-50-23-40-28)36(46)39-16-2-1-3-17-48-30-13-9-27(10-14-30)41-35(45)25-6-4-24(5-7-25)20-43(29-11-12-29)37(47)26-8-15-32-33(18-26)49-21-34(44)42-32;3-2(4,5)1(6)7/h4-10,13-15,18,22-23,29,31H,1-3,11-12,16-17,19-21,38H2,(H,39,46)(H,41,45)(H,42,44);(H,6,7)/t31-;/m0./s1. The summed E-state index contributed by atoms with van der Waals surface area (Å²) in [6.07, 6.45) is -0.195. The molecule has 0 radical (unpaired) electrons. The molecule has 1 aliphatic carbocycles. The Bertz CT molecular complexity index is 2010. The van der Waals surface area contributed by atoms with E-state index in [-0.39, 0.29) is 36.3 Å². The molecule has 4 aromatic rings. The predicted octanol–water partition coefficient (Wildman–Crippen LogP) is 5.40. The Morgan fingerprint density at radius 3 is 2.37 bits per heavy atom. The maximum absolute atomic E-state index is 13.5. The van der Waals surface area contributed by atoms with Crippen LogP contribution in [-0.2, 0) is 27.3 Å². The van der Waals surface area contributed by atoms with Gasteiger partial charge in [-0.1, -0.05) is 12.1 Å². The van der Waals surface area contributed by atoms with Gasteiger partial charge in [0.25, 0.3) is 17.7 Å². The number of thiazole rings is 1. The van der Waals surface area contributed by atoms with Crippen molar-refractivity contribution in [3.63, 3.8) is 0 Å². The van der Waals surface area contributed by atoms with Crippen LogP contribution in [0, 0.1) is 0 Å². The molecule has 6 N–H and O–H groups in total. The molecule has 0 spiro atoms. The summed E-state index contributed by atoms with van der Waals surface area (Å²) in [7, 11) is 0. The number of alkyl halides is 3. The number of halogens is 3. The summed E-state index contributed by atoms with van der Waals surface area (Å²) in [5.41, 5.74) is 11.6. The van der Waals surface area contributed by atoms with Gasteiger partial charge in [0.05, 0.1) is 29.5 Å². The fraction of sp³-hybridized carbons (Fsp3) is 0.333. The molecule has 4 amide bonds. The summed E-state index contributed by atoms with van der Waals surface area (Å²) >= 11 is 1.48. The first-order valence-electron chi connectivity index (χ1n) is 18.0. The molecule has 1 fully saturated rings. The Morgan fingerprint density at radius 1 is 1.02 bits per heavy atom. The van der Waals surface area contributed by atoms with E-state index in [1.54, 1.807) is 48.0 Å². The highest BCUT2D eigenvalue weighted by Crippen LogP contribution is 2.33. The Hall–Kier alpha value is -6.01. The molecule has 1 atom stereocenters. The van der Waals surface area contributed by atoms with Gasteiger partial charge in [-0.25, -0.2) is 9.78 Å². The Kier molecular flexibility index (Phi) is 14.6. The molecule has 57 heavy (non-hydrogen) atoms. The molecule has 1 saturated carbocycles. The number of nitrogens with one attached hydrogen (secondary N) is 3. The topological polar surface area (TPSA) is 202 Å². The monoisotopic (exact) mass is 810 g/mol. The third kappa shape index (κ3) is 13.0. The SMILES string of the molecule is N[C@@H](Cc1cscn1)C(=O)NCCCCCOc1ccc(NC(=O)c2ccc(CN(C(=O)c3ccc4c(c3)OCC(=O)N4)C3CC3)cc2)cc1.O=C(O)C(F)(F)F. The first kappa shape index (κ1) is 42.1. The van der Waals surface area contributed by atoms with E-state index < -0.39 is 18.2 Å². The molecule has 6 rings (SSSR count). The highest BCUT2D eigenvalue weighted by Gasteiger charge is 2.38. The fourth-order valence-corrected chi connectivity index (χ4v) is 6.09. The predicted molar refractivity (Wildman–Crippen MR) is 204 cm³/mol. The van der Waals surface area contributed by atoms with Crippen LogP contribution in [-0.4, -0.2) is 82.6 Å². The molecule has 0 unspecified atom stereocenters. The maximum Gasteiger partial charge on any atom is 0.490 e. The van der Waals surface area contributed by atoms with Gasteiger partial charge in [-0.2, -0.15) is 13.2 Å². The number of carbonyl (C=O) groups excluding carboxylic acids is 4. The number of nitrogens with two attached hydrogens (primary N) is 1. The third-order valence-electron chi connectivity index (χ3n) is 8.67. The number of carboxylic acids is 1. The zero-order chi connectivity index (χ0) is 41.0. The van der Waals surface area contributed by atoms with Crippen LogP contribution in [0.3, 0.4) is 0 Å². The van der Waals surface area contributed by atoms with Crippen molar-refractivity contribution in [2.75, 3.05) is 30.4 Å². The van der Waals surface area contributed by atoms with Crippen LogP contribution in [0.4, 0.5) is 24.5 Å². The largest absolute Gasteiger partial charge is 0.494 e. The van der Waals surface area contributed by atoms with Gasteiger partial charge in [0.1, 0.15) is 11.5 Å². The summed E-state index contributed by atoms with van der Waals surface area (Å²) in [5.74, 6) is -2.29. The fourth-order valence-electron chi connectivity index (χ4n) is 5.52. The number of aliphatic carboxylic acids is 1. The van der Waals surface area contributed by atoms with E-state index in [2.05, 4.69) is 20.9 Å². The van der Waals surface area contributed by atoms with Crippen LogP contribution in [0.15, 0.2) is 77.6 Å². The highest BCUT2D eigenvalue weighted by molar-refractivity contribution is 7.07. The van der Waals surface area contributed by atoms with Crippen molar-refractivity contribution in [3.8, 4) is 11.5 Å². The lowest BCUT2D eigenvalue weighted by atomic mass is 10.1. The van der Waals surface area contributed by atoms with Crippen LogP contribution in [0.5, 0.6) is 11.5 Å². The molecular weight excluding hydrogens is 770 g/mol. The van der Waals surface area contributed by atoms with Crippen molar-refractivity contribution >= 4 is 52.3 Å². The van der Waals surface area contributed by atoms with E-state index >= 15 is 0 Å². The van der Waals surface area contributed by atoms with Crippen LogP contribution in [0.25, 0.3) is 0 Å². The van der Waals surface area contributed by atoms with Crippen molar-refractivity contribution < 1.29 is 51.7 Å². The minimum Gasteiger partial charge on any atom is -0.494 e. The van der Waals surface area contributed by atoms with Gasteiger partial charge in [0.15, 0.2) is 6.61 Å². The average molecular weight is 811 g/mol. The molecule has 3 aromatic carbocycles. The molecule has 2 heterocycles. The number of rotatable bonds is 16. The second kappa shape index (κ2) is 19.7. The molecule has 302 valence electrons. The van der Waals surface area contributed by atoms with Gasteiger partial charge < -0.3 is 41.2 Å². The van der Waals surface area contributed by atoms with Crippen molar-refractivity contribution in [3.05, 3.63) is 100 Å². The summed E-state index contributed by atoms with van der Waals surface area (Å²) in [6, 6.07) is 19.1. The van der Waals surface area contributed by atoms with E-state index in [0.29, 0.717) is 60.1 Å². The number of nitrogens with zero attached hydrogens (tertiary/aromatic N) is 2. The van der Waals surface area contributed by atoms with Gasteiger partial charge in [0.2, 0.25) is 5.91 Å². The van der Waals surface area contributed by atoms with Crippen molar-refractivity contribution in [2.45, 2.75) is 63.3 Å². The zero-order valence-corrected chi connectivity index (χ0v) is 31.4. The summed E-state index contributed by atoms with van der Waals surface area (Å²) in [5, 5.41) is 17.6. The van der Waals surface area contributed by atoms with E-state index in [1.807, 2.05) is 34.5 Å². The molecular formula is C39H41F3N6O8S. The van der Waals surface area contributed by atoms with Crippen molar-refractivity contribution in [2.24, 2.45) is 5.73 Å². The normalized spacial score (nSPS) is 13.7. The number of aromatic nitrogens is 1. The smallest absolute Gasteiger partial charge is 0.490 e. The summed E-state index contributed by atoms with van der Waals surface area (Å²) in [6.45, 7) is 1.45. The number of unbranched alkanes of at least 4 members (excludes halogenated alkanes) is 2. The van der Waals surface area contributed by atoms with Crippen LogP contribution in [0.2, 0.25) is 0 Å². The number of carboxylic acid groups (broad SMARTS) is 1. The first-order valence-corrected chi connectivity index (χ1v) is 18.9. The lowest BCUT2D eigenvalue weighted by Gasteiger charge is -2.24. The molecule has 18 heteroatoms. The van der Waals surface area contributed by atoms with Crippen LogP contribution < -0.4 is 31.2 Å². The minimum absolute atomic E-state index is 0.0745. The minimum atomic E-state index is -5.08. The molecule has 0 saturated heterocycles. The van der Waals surface area contributed by atoms with E-state index in [0.717, 1.165) is 43.4 Å². The van der Waals surface area contributed by atoms with Gasteiger partial charge in [-0.15, -0.1) is 11.3 Å². The third-order valence-corrected chi connectivity index (χ3v) is 9.31. The first-order chi connectivity index (χ1) is 27.3. The number of ether oxygens (including phenoxy) is 2. The number of fused-ring (bicyclic) bond motifs is 1.